The van der Waals surface area contributed by atoms with Gasteiger partial charge in [0.15, 0.2) is 0 Å². The van der Waals surface area contributed by atoms with Crippen molar-refractivity contribution < 1.29 is 4.79 Å². The molecule has 0 radical (unpaired) electrons. The Kier molecular flexibility index (Phi) is 17.4. The van der Waals surface area contributed by atoms with Gasteiger partial charge in [0, 0.05) is 0 Å². The third-order valence-electron chi connectivity index (χ3n) is 3.60. The number of carbonyl (C=O) groups is 1. The zero-order valence-electron chi connectivity index (χ0n) is 13.1. The van der Waals surface area contributed by atoms with E-state index in [1.165, 1.54) is 38.5 Å². The van der Waals surface area contributed by atoms with E-state index in [0.29, 0.717) is 0 Å². The molecule has 1 nitrogen and oxygen atoms in total. The first-order valence-corrected chi connectivity index (χ1v) is 15.4. The standard InChI is InChI=1S/3C4H9.C3H5.CH2O.Sn/c3*1-3-4-2;1-3-2;1-2;/h3*1,3-4H2,2H3;1,3H,2H3;1H2;. The van der Waals surface area contributed by atoms with Gasteiger partial charge in [-0.05, 0) is 0 Å². The van der Waals surface area contributed by atoms with Gasteiger partial charge in [-0.3, -0.25) is 0 Å². The molecule has 0 fully saturated rings. The Labute approximate surface area is 119 Å². The zero-order valence-corrected chi connectivity index (χ0v) is 16.0. The van der Waals surface area contributed by atoms with Crippen LogP contribution in [0.4, 0.5) is 0 Å². The fourth-order valence-electron chi connectivity index (χ4n) is 2.57. The van der Waals surface area contributed by atoms with Gasteiger partial charge in [0.05, 0.1) is 0 Å². The summed E-state index contributed by atoms with van der Waals surface area (Å²) in [4.78, 5) is 8.00. The fourth-order valence-corrected chi connectivity index (χ4v) is 17.2. The molecule has 0 N–H and O–H groups in total. The Balaban J connectivity index is 0. The molecule has 0 spiro atoms. The first kappa shape index (κ1) is 20.5. The maximum atomic E-state index is 8.00. The molecule has 0 aromatic heterocycles. The van der Waals surface area contributed by atoms with E-state index < -0.39 is 18.4 Å². The second kappa shape index (κ2) is 15.3. The molecule has 0 atom stereocenters. The summed E-state index contributed by atoms with van der Waals surface area (Å²) in [5, 5.41) is 0. The third-order valence-corrected chi connectivity index (χ3v) is 18.1. The van der Waals surface area contributed by atoms with E-state index in [2.05, 4.69) is 37.9 Å². The number of hydrogen-bond donors (Lipinski definition) is 0. The van der Waals surface area contributed by atoms with Crippen LogP contribution < -0.4 is 0 Å². The summed E-state index contributed by atoms with van der Waals surface area (Å²) in [7, 11) is 0. The van der Waals surface area contributed by atoms with Crippen molar-refractivity contribution in [3.8, 4) is 0 Å². The molecule has 0 saturated heterocycles. The summed E-state index contributed by atoms with van der Waals surface area (Å²) >= 11 is -1.84. The molecular formula is C16H34OSn. The van der Waals surface area contributed by atoms with Gasteiger partial charge >= 0.3 is 108 Å². The molecule has 0 aromatic rings. The van der Waals surface area contributed by atoms with Gasteiger partial charge < -0.3 is 4.79 Å². The molecule has 108 valence electrons. The largest absolute Gasteiger partial charge is 0.307 e. The molecule has 0 unspecified atom stereocenters. The first-order chi connectivity index (χ1) is 8.74. The molecule has 2 heteroatoms. The van der Waals surface area contributed by atoms with Gasteiger partial charge in [-0.25, -0.2) is 0 Å². The van der Waals surface area contributed by atoms with Crippen LogP contribution in [0.2, 0.25) is 13.3 Å². The van der Waals surface area contributed by atoms with E-state index in [1.54, 1.807) is 13.3 Å². The molecular weight excluding hydrogens is 327 g/mol. The molecule has 0 heterocycles. The predicted octanol–water partition coefficient (Wildman–Crippen LogP) is 5.77. The van der Waals surface area contributed by atoms with Crippen molar-refractivity contribution in [3.63, 3.8) is 0 Å². The van der Waals surface area contributed by atoms with Gasteiger partial charge in [-0.15, -0.1) is 0 Å². The van der Waals surface area contributed by atoms with Crippen molar-refractivity contribution in [2.24, 2.45) is 0 Å². The van der Waals surface area contributed by atoms with E-state index in [0.717, 1.165) is 0 Å². The van der Waals surface area contributed by atoms with Gasteiger partial charge in [-0.1, -0.05) is 0 Å². The Morgan fingerprint density at radius 3 is 1.39 bits per heavy atom. The van der Waals surface area contributed by atoms with E-state index in [-0.39, 0.29) is 0 Å². The minimum Gasteiger partial charge on any atom is -0.307 e. The second-order valence-corrected chi connectivity index (χ2v) is 18.2. The molecule has 0 aliphatic heterocycles. The van der Waals surface area contributed by atoms with E-state index in [4.69, 9.17) is 4.79 Å². The molecule has 0 aromatic carbocycles. The average molecular weight is 361 g/mol. The van der Waals surface area contributed by atoms with Crippen molar-refractivity contribution >= 4 is 25.2 Å². The van der Waals surface area contributed by atoms with Gasteiger partial charge in [0.1, 0.15) is 6.79 Å². The van der Waals surface area contributed by atoms with Crippen LogP contribution in [0.15, 0.2) is 10.2 Å². The Bertz CT molecular complexity index is 168. The molecule has 0 saturated carbocycles. The van der Waals surface area contributed by atoms with Crippen molar-refractivity contribution in [2.75, 3.05) is 0 Å². The molecule has 0 amide bonds. The zero-order chi connectivity index (χ0) is 14.3. The Morgan fingerprint density at radius 2 is 1.17 bits per heavy atom. The number of allylic oxidation sites excluding steroid dienone is 1. The summed E-state index contributed by atoms with van der Waals surface area (Å²) < 4.78 is 7.54. The van der Waals surface area contributed by atoms with Gasteiger partial charge in [0.2, 0.25) is 0 Å². The Morgan fingerprint density at radius 1 is 0.833 bits per heavy atom. The SMILES string of the molecule is C/C=[CH]\[Sn]([CH2]CCC)([CH2]CCC)[CH2]CCC.C=O. The maximum Gasteiger partial charge on any atom is 0.106 e. The van der Waals surface area contributed by atoms with Gasteiger partial charge in [0.25, 0.3) is 0 Å². The second-order valence-electron chi connectivity index (χ2n) is 5.17. The molecule has 0 bridgehead atoms. The number of hydrogen-bond acceptors (Lipinski definition) is 1. The van der Waals surface area contributed by atoms with Crippen LogP contribution in [0.25, 0.3) is 0 Å². The summed E-state index contributed by atoms with van der Waals surface area (Å²) in [5.41, 5.74) is 0. The first-order valence-electron chi connectivity index (χ1n) is 7.67. The molecule has 0 aliphatic rings. The summed E-state index contributed by atoms with van der Waals surface area (Å²) in [6.07, 6.45) is 11.0. The number of carbonyl (C=O) groups excluding carboxylic acids is 1. The molecule has 0 aliphatic carbocycles. The third kappa shape index (κ3) is 10.2. The molecule has 18 heavy (non-hydrogen) atoms. The minimum absolute atomic E-state index is 1.38. The van der Waals surface area contributed by atoms with Crippen molar-refractivity contribution in [2.45, 2.75) is 79.5 Å². The number of rotatable bonds is 10. The normalized spacial score (nSPS) is 11.3. The van der Waals surface area contributed by atoms with Crippen molar-refractivity contribution in [1.82, 2.24) is 0 Å². The topological polar surface area (TPSA) is 17.1 Å². The molecule has 0 rings (SSSR count). The van der Waals surface area contributed by atoms with Crippen molar-refractivity contribution in [1.29, 1.82) is 0 Å². The fraction of sp³-hybridized carbons (Fsp3) is 0.812. The van der Waals surface area contributed by atoms with E-state index in [1.807, 2.05) is 6.79 Å². The quantitative estimate of drug-likeness (QED) is 0.452. The average Bonchev–Trinajstić information content (AvgIpc) is 2.43. The van der Waals surface area contributed by atoms with E-state index in [9.17, 15) is 0 Å². The summed E-state index contributed by atoms with van der Waals surface area (Å²) in [5.74, 6) is 0. The van der Waals surface area contributed by atoms with Crippen LogP contribution in [-0.4, -0.2) is 25.2 Å². The van der Waals surface area contributed by atoms with Crippen LogP contribution in [0.1, 0.15) is 66.2 Å². The van der Waals surface area contributed by atoms with E-state index >= 15 is 0 Å². The monoisotopic (exact) mass is 362 g/mol. The van der Waals surface area contributed by atoms with Crippen LogP contribution in [0.5, 0.6) is 0 Å². The minimum atomic E-state index is -1.84. The van der Waals surface area contributed by atoms with Crippen LogP contribution >= 0.6 is 0 Å². The number of unbranched alkanes of at least 4 members (excludes halogenated alkanes) is 3. The Hall–Kier alpha value is 0.209. The summed E-state index contributed by atoms with van der Waals surface area (Å²) in [6.45, 7) is 11.2. The van der Waals surface area contributed by atoms with Crippen LogP contribution in [0, 0.1) is 0 Å². The van der Waals surface area contributed by atoms with Crippen LogP contribution in [-0.2, 0) is 4.79 Å². The van der Waals surface area contributed by atoms with Crippen molar-refractivity contribution in [3.05, 3.63) is 10.2 Å². The smallest absolute Gasteiger partial charge is 0.106 e. The van der Waals surface area contributed by atoms with Gasteiger partial charge in [-0.2, -0.15) is 0 Å². The predicted molar refractivity (Wildman–Crippen MR) is 86.8 cm³/mol. The van der Waals surface area contributed by atoms with Crippen LogP contribution in [0.3, 0.4) is 0 Å². The maximum absolute atomic E-state index is 8.00. The summed E-state index contributed by atoms with van der Waals surface area (Å²) in [6, 6.07) is 0.